The lowest BCUT2D eigenvalue weighted by Gasteiger charge is -2.18. The van der Waals surface area contributed by atoms with Crippen LogP contribution in [0, 0.1) is 0 Å². The summed E-state index contributed by atoms with van der Waals surface area (Å²) in [6.07, 6.45) is 5.22. The number of hydrogen-bond donors (Lipinski definition) is 0. The van der Waals surface area contributed by atoms with Gasteiger partial charge in [0.2, 0.25) is 0 Å². The molecule has 7 aromatic carbocycles. The average Bonchev–Trinajstić information content (AvgIpc) is 2.97. The molecule has 0 N–H and O–H groups in total. The highest BCUT2D eigenvalue weighted by Crippen LogP contribution is 2.33. The summed E-state index contributed by atoms with van der Waals surface area (Å²) in [6, 6.07) is 44.0. The zero-order valence-electron chi connectivity index (χ0n) is 20.4. The molecule has 7 aromatic rings. The van der Waals surface area contributed by atoms with Gasteiger partial charge in [-0.25, -0.2) is 0 Å². The fourth-order valence-electron chi connectivity index (χ4n) is 6.11. The van der Waals surface area contributed by atoms with Crippen molar-refractivity contribution in [3.05, 3.63) is 132 Å². The molecule has 8 rings (SSSR count). The Bertz CT molecular complexity index is 1820. The molecule has 1 aliphatic carbocycles. The van der Waals surface area contributed by atoms with E-state index in [9.17, 15) is 0 Å². The van der Waals surface area contributed by atoms with Gasteiger partial charge in [0.25, 0.3) is 0 Å². The Labute approximate surface area is 211 Å². The summed E-state index contributed by atoms with van der Waals surface area (Å²) >= 11 is 0. The van der Waals surface area contributed by atoms with Crippen molar-refractivity contribution < 1.29 is 0 Å². The molecule has 0 bridgehead atoms. The van der Waals surface area contributed by atoms with Crippen LogP contribution in [0.3, 0.4) is 0 Å². The number of benzene rings is 7. The summed E-state index contributed by atoms with van der Waals surface area (Å²) in [6.45, 7) is 0. The molecule has 0 nitrogen and oxygen atoms in total. The summed E-state index contributed by atoms with van der Waals surface area (Å²) in [5.74, 6) is 0. The van der Waals surface area contributed by atoms with Crippen molar-refractivity contribution >= 4 is 53.9 Å². The van der Waals surface area contributed by atoms with E-state index in [0.29, 0.717) is 0 Å². The number of hydrogen-bond acceptors (Lipinski definition) is 0. The van der Waals surface area contributed by atoms with E-state index in [1.54, 1.807) is 11.1 Å². The van der Waals surface area contributed by atoms with Gasteiger partial charge in [0, 0.05) is 0 Å². The molecular weight excluding hydrogens is 432 g/mol. The molecule has 1 aliphatic rings. The minimum Gasteiger partial charge on any atom is -0.0616 e. The van der Waals surface area contributed by atoms with Crippen LogP contribution in [0.5, 0.6) is 0 Å². The first-order valence-electron chi connectivity index (χ1n) is 13.1. The molecule has 0 atom stereocenters. The Hall–Kier alpha value is -4.16. The molecule has 0 radical (unpaired) electrons. The normalized spacial score (nSPS) is 13.1. The zero-order chi connectivity index (χ0) is 23.9. The Balaban J connectivity index is 0.000000122. The van der Waals surface area contributed by atoms with Gasteiger partial charge >= 0.3 is 0 Å². The minimum absolute atomic E-state index is 1.25. The molecular formula is C36H28. The predicted molar refractivity (Wildman–Crippen MR) is 157 cm³/mol. The van der Waals surface area contributed by atoms with Crippen LogP contribution in [0.25, 0.3) is 53.9 Å². The monoisotopic (exact) mass is 460 g/mol. The van der Waals surface area contributed by atoms with Crippen LogP contribution in [0.15, 0.2) is 121 Å². The van der Waals surface area contributed by atoms with E-state index in [4.69, 9.17) is 0 Å². The molecule has 0 amide bonds. The molecule has 0 fully saturated rings. The second-order valence-electron chi connectivity index (χ2n) is 9.96. The van der Waals surface area contributed by atoms with Gasteiger partial charge in [0.05, 0.1) is 0 Å². The first-order valence-corrected chi connectivity index (χ1v) is 13.1. The van der Waals surface area contributed by atoms with Crippen molar-refractivity contribution in [1.82, 2.24) is 0 Å². The van der Waals surface area contributed by atoms with Crippen LogP contribution in [-0.2, 0) is 12.8 Å². The van der Waals surface area contributed by atoms with Crippen LogP contribution in [0.4, 0.5) is 0 Å². The van der Waals surface area contributed by atoms with E-state index >= 15 is 0 Å². The predicted octanol–water partition coefficient (Wildman–Crippen LogP) is 10.0. The van der Waals surface area contributed by atoms with Crippen molar-refractivity contribution in [2.24, 2.45) is 0 Å². The van der Waals surface area contributed by atoms with Crippen molar-refractivity contribution in [2.45, 2.75) is 25.7 Å². The van der Waals surface area contributed by atoms with Crippen LogP contribution in [0.1, 0.15) is 24.0 Å². The average molecular weight is 461 g/mol. The zero-order valence-corrected chi connectivity index (χ0v) is 20.4. The Morgan fingerprint density at radius 1 is 0.306 bits per heavy atom. The van der Waals surface area contributed by atoms with Gasteiger partial charge in [-0.2, -0.15) is 0 Å². The van der Waals surface area contributed by atoms with E-state index in [1.165, 1.54) is 79.5 Å². The van der Waals surface area contributed by atoms with Gasteiger partial charge in [0.15, 0.2) is 0 Å². The third-order valence-electron chi connectivity index (χ3n) is 7.91. The van der Waals surface area contributed by atoms with E-state index in [-0.39, 0.29) is 0 Å². The van der Waals surface area contributed by atoms with Crippen LogP contribution >= 0.6 is 0 Å². The molecule has 0 spiro atoms. The quantitative estimate of drug-likeness (QED) is 0.198. The van der Waals surface area contributed by atoms with Gasteiger partial charge in [-0.05, 0) is 90.7 Å². The summed E-state index contributed by atoms with van der Waals surface area (Å²) in [4.78, 5) is 0. The number of fused-ring (bicyclic) bond motifs is 10. The maximum atomic E-state index is 2.35. The fraction of sp³-hybridized carbons (Fsp3) is 0.111. The minimum atomic E-state index is 1.25. The highest BCUT2D eigenvalue weighted by molar-refractivity contribution is 6.17. The lowest BCUT2D eigenvalue weighted by Crippen LogP contribution is -2.02. The number of rotatable bonds is 0. The maximum absolute atomic E-state index is 2.35. The fourth-order valence-corrected chi connectivity index (χ4v) is 6.11. The second kappa shape index (κ2) is 8.81. The summed E-state index contributed by atoms with van der Waals surface area (Å²) < 4.78 is 0. The lowest BCUT2D eigenvalue weighted by atomic mass is 9.86. The molecule has 0 unspecified atom stereocenters. The summed E-state index contributed by atoms with van der Waals surface area (Å²) in [5.41, 5.74) is 3.17. The van der Waals surface area contributed by atoms with Crippen molar-refractivity contribution in [2.75, 3.05) is 0 Å². The molecule has 0 aliphatic heterocycles. The molecule has 36 heavy (non-hydrogen) atoms. The molecule has 172 valence electrons. The molecule has 0 saturated carbocycles. The van der Waals surface area contributed by atoms with Gasteiger partial charge in [-0.15, -0.1) is 0 Å². The maximum Gasteiger partial charge on any atom is -0.00990 e. The standard InChI is InChI=1S/C18H16.C18H12/c2*1-3-7-15-13(5-1)9-11-18-16-8-4-2-6-14(16)10-12-17(15)18/h1,3,5,7,9-12H,2,4,6,8H2;1-12H. The van der Waals surface area contributed by atoms with Gasteiger partial charge in [0.1, 0.15) is 0 Å². The van der Waals surface area contributed by atoms with E-state index in [1.807, 2.05) is 0 Å². The summed E-state index contributed by atoms with van der Waals surface area (Å²) in [7, 11) is 0. The lowest BCUT2D eigenvalue weighted by molar-refractivity contribution is 0.690. The third kappa shape index (κ3) is 3.53. The number of aryl methyl sites for hydroxylation is 2. The van der Waals surface area contributed by atoms with Crippen LogP contribution < -0.4 is 0 Å². The Morgan fingerprint density at radius 3 is 1.28 bits per heavy atom. The van der Waals surface area contributed by atoms with Crippen LogP contribution in [0.2, 0.25) is 0 Å². The van der Waals surface area contributed by atoms with Gasteiger partial charge < -0.3 is 0 Å². The van der Waals surface area contributed by atoms with E-state index < -0.39 is 0 Å². The molecule has 0 saturated heterocycles. The molecule has 0 heterocycles. The first-order chi connectivity index (χ1) is 17.9. The topological polar surface area (TPSA) is 0 Å². The Kier molecular flexibility index (Phi) is 5.17. The summed E-state index contributed by atoms with van der Waals surface area (Å²) in [5, 5.41) is 13.6. The molecule has 0 heteroatoms. The molecule has 0 aromatic heterocycles. The van der Waals surface area contributed by atoms with Gasteiger partial charge in [-0.1, -0.05) is 121 Å². The van der Waals surface area contributed by atoms with Crippen molar-refractivity contribution in [3.8, 4) is 0 Å². The smallest absolute Gasteiger partial charge is 0.00990 e. The van der Waals surface area contributed by atoms with Gasteiger partial charge in [-0.3, -0.25) is 0 Å². The van der Waals surface area contributed by atoms with Crippen molar-refractivity contribution in [1.29, 1.82) is 0 Å². The second-order valence-corrected chi connectivity index (χ2v) is 9.96. The SMILES string of the molecule is c1ccc2c(c1)ccc1c3c(ccc12)CCCC3.c1ccc2c(c1)ccc1c3ccccc3ccc21. The third-order valence-corrected chi connectivity index (χ3v) is 7.91. The highest BCUT2D eigenvalue weighted by atomic mass is 14.2. The largest absolute Gasteiger partial charge is 0.0616 e. The Morgan fingerprint density at radius 2 is 0.722 bits per heavy atom. The van der Waals surface area contributed by atoms with E-state index in [0.717, 1.165) is 0 Å². The van der Waals surface area contributed by atoms with Crippen LogP contribution in [-0.4, -0.2) is 0 Å². The van der Waals surface area contributed by atoms with Crippen molar-refractivity contribution in [3.63, 3.8) is 0 Å². The first kappa shape index (κ1) is 21.1. The highest BCUT2D eigenvalue weighted by Gasteiger charge is 2.13. The van der Waals surface area contributed by atoms with E-state index in [2.05, 4.69) is 121 Å².